The Balaban J connectivity index is 2.14. The van der Waals surface area contributed by atoms with Gasteiger partial charge in [-0.1, -0.05) is 26.7 Å². The Bertz CT molecular complexity index is 127. The summed E-state index contributed by atoms with van der Waals surface area (Å²) >= 11 is 0. The van der Waals surface area contributed by atoms with Crippen molar-refractivity contribution in [1.29, 1.82) is 0 Å². The Morgan fingerprint density at radius 2 is 2.08 bits per heavy atom. The highest BCUT2D eigenvalue weighted by Gasteiger charge is 2.19. The van der Waals surface area contributed by atoms with Gasteiger partial charge in [0.2, 0.25) is 0 Å². The van der Waals surface area contributed by atoms with Crippen LogP contribution in [0.3, 0.4) is 0 Å². The molecule has 0 bridgehead atoms. The quantitative estimate of drug-likeness (QED) is 0.594. The molecule has 1 heterocycles. The molecule has 1 saturated heterocycles. The Kier molecular flexibility index (Phi) is 3.98. The van der Waals surface area contributed by atoms with Crippen molar-refractivity contribution in [3.63, 3.8) is 0 Å². The van der Waals surface area contributed by atoms with Gasteiger partial charge in [-0.25, -0.2) is 10.9 Å². The Morgan fingerprint density at radius 1 is 1.33 bits per heavy atom. The van der Waals surface area contributed by atoms with Crippen molar-refractivity contribution < 1.29 is 0 Å². The van der Waals surface area contributed by atoms with Gasteiger partial charge in [0, 0.05) is 0 Å². The molecule has 0 radical (unpaired) electrons. The lowest BCUT2D eigenvalue weighted by Gasteiger charge is -2.15. The third kappa shape index (κ3) is 3.09. The predicted molar refractivity (Wildman–Crippen MR) is 51.3 cm³/mol. The Morgan fingerprint density at radius 3 is 2.58 bits per heavy atom. The molecule has 12 heavy (non-hydrogen) atoms. The van der Waals surface area contributed by atoms with Crippen molar-refractivity contribution in [2.75, 3.05) is 0 Å². The predicted octanol–water partition coefficient (Wildman–Crippen LogP) is 1.18. The fourth-order valence-corrected chi connectivity index (χ4v) is 1.75. The van der Waals surface area contributed by atoms with Crippen molar-refractivity contribution in [2.45, 2.75) is 52.4 Å². The molecule has 3 atom stereocenters. The van der Waals surface area contributed by atoms with Gasteiger partial charge in [0.25, 0.3) is 0 Å². The maximum Gasteiger partial charge on any atom is 0.0719 e. The van der Waals surface area contributed by atoms with Gasteiger partial charge in [0.1, 0.15) is 0 Å². The highest BCUT2D eigenvalue weighted by Crippen LogP contribution is 2.12. The number of hydrazine groups is 1. The molecule has 0 amide bonds. The van der Waals surface area contributed by atoms with Crippen molar-refractivity contribution in [2.24, 2.45) is 5.92 Å². The monoisotopic (exact) mass is 171 g/mol. The molecule has 72 valence electrons. The SMILES string of the molecule is CCCC(C)CC1NN[C@@H](C)N1. The summed E-state index contributed by atoms with van der Waals surface area (Å²) in [6.45, 7) is 6.68. The molecule has 1 aliphatic heterocycles. The van der Waals surface area contributed by atoms with Crippen molar-refractivity contribution in [3.8, 4) is 0 Å². The van der Waals surface area contributed by atoms with E-state index in [2.05, 4.69) is 36.9 Å². The first kappa shape index (κ1) is 9.96. The molecule has 3 N–H and O–H groups in total. The van der Waals surface area contributed by atoms with Crippen LogP contribution in [0.5, 0.6) is 0 Å². The standard InChI is InChI=1S/C9H21N3/c1-4-5-7(2)6-9-10-8(3)11-12-9/h7-12H,4-6H2,1-3H3/t7?,8-,9?/m0/s1. The summed E-state index contributed by atoms with van der Waals surface area (Å²) in [5, 5.41) is 3.42. The molecule has 1 rings (SSSR count). The second-order valence-corrected chi connectivity index (χ2v) is 3.86. The molecular weight excluding hydrogens is 150 g/mol. The minimum Gasteiger partial charge on any atom is -0.285 e. The number of rotatable bonds is 4. The van der Waals surface area contributed by atoms with E-state index >= 15 is 0 Å². The number of hydrogen-bond acceptors (Lipinski definition) is 3. The van der Waals surface area contributed by atoms with Crippen molar-refractivity contribution >= 4 is 0 Å². The Hall–Kier alpha value is -0.120. The van der Waals surface area contributed by atoms with Crippen LogP contribution >= 0.6 is 0 Å². The van der Waals surface area contributed by atoms with Crippen molar-refractivity contribution in [3.05, 3.63) is 0 Å². The minimum absolute atomic E-state index is 0.406. The maximum atomic E-state index is 3.42. The fraction of sp³-hybridized carbons (Fsp3) is 1.00. The van der Waals surface area contributed by atoms with Gasteiger partial charge in [0.15, 0.2) is 0 Å². The molecule has 1 aliphatic rings. The van der Waals surface area contributed by atoms with Crippen LogP contribution in [-0.2, 0) is 0 Å². The van der Waals surface area contributed by atoms with Gasteiger partial charge in [-0.2, -0.15) is 0 Å². The molecule has 0 aliphatic carbocycles. The van der Waals surface area contributed by atoms with Crippen molar-refractivity contribution in [1.82, 2.24) is 16.2 Å². The molecule has 2 unspecified atom stereocenters. The molecule has 3 nitrogen and oxygen atoms in total. The van der Waals surface area contributed by atoms with Crippen LogP contribution in [0, 0.1) is 5.92 Å². The van der Waals surface area contributed by atoms with Crippen LogP contribution in [0.2, 0.25) is 0 Å². The molecule has 3 heteroatoms. The largest absolute Gasteiger partial charge is 0.285 e. The van der Waals surface area contributed by atoms with Crippen LogP contribution in [0.4, 0.5) is 0 Å². The second kappa shape index (κ2) is 4.80. The highest BCUT2D eigenvalue weighted by molar-refractivity contribution is 4.74. The first-order valence-corrected chi connectivity index (χ1v) is 4.99. The van der Waals surface area contributed by atoms with E-state index in [-0.39, 0.29) is 0 Å². The van der Waals surface area contributed by atoms with Crippen LogP contribution in [0.15, 0.2) is 0 Å². The van der Waals surface area contributed by atoms with Crippen LogP contribution in [0.25, 0.3) is 0 Å². The third-order valence-corrected chi connectivity index (χ3v) is 2.34. The molecule has 0 spiro atoms. The molecule has 0 saturated carbocycles. The molecular formula is C9H21N3. The third-order valence-electron chi connectivity index (χ3n) is 2.34. The van der Waals surface area contributed by atoms with E-state index in [0.29, 0.717) is 12.3 Å². The summed E-state index contributed by atoms with van der Waals surface area (Å²) < 4.78 is 0. The topological polar surface area (TPSA) is 36.1 Å². The number of hydrogen-bond donors (Lipinski definition) is 3. The maximum absolute atomic E-state index is 3.42. The smallest absolute Gasteiger partial charge is 0.0719 e. The van der Waals surface area contributed by atoms with Crippen LogP contribution in [0.1, 0.15) is 40.0 Å². The van der Waals surface area contributed by atoms with Gasteiger partial charge in [-0.15, -0.1) is 0 Å². The lowest BCUT2D eigenvalue weighted by Crippen LogP contribution is -2.35. The summed E-state index contributed by atoms with van der Waals surface area (Å²) in [6, 6.07) is 0. The van der Waals surface area contributed by atoms with Gasteiger partial charge in [-0.3, -0.25) is 5.32 Å². The van der Waals surface area contributed by atoms with E-state index in [1.165, 1.54) is 19.3 Å². The van der Waals surface area contributed by atoms with E-state index in [4.69, 9.17) is 0 Å². The first-order chi connectivity index (χ1) is 5.72. The van der Waals surface area contributed by atoms with E-state index in [1.54, 1.807) is 0 Å². The first-order valence-electron chi connectivity index (χ1n) is 4.99. The molecule has 0 aromatic heterocycles. The molecule has 0 aromatic carbocycles. The zero-order chi connectivity index (χ0) is 8.97. The lowest BCUT2D eigenvalue weighted by molar-refractivity contribution is 0.381. The lowest BCUT2D eigenvalue weighted by atomic mass is 10.0. The van der Waals surface area contributed by atoms with Gasteiger partial charge in [-0.05, 0) is 19.3 Å². The zero-order valence-corrected chi connectivity index (χ0v) is 8.35. The van der Waals surface area contributed by atoms with Crippen LogP contribution in [-0.4, -0.2) is 12.3 Å². The summed E-state index contributed by atoms with van der Waals surface area (Å²) in [6.07, 6.45) is 4.70. The van der Waals surface area contributed by atoms with E-state index in [9.17, 15) is 0 Å². The van der Waals surface area contributed by atoms with Gasteiger partial charge >= 0.3 is 0 Å². The van der Waals surface area contributed by atoms with E-state index < -0.39 is 0 Å². The van der Waals surface area contributed by atoms with E-state index in [0.717, 1.165) is 5.92 Å². The zero-order valence-electron chi connectivity index (χ0n) is 8.35. The second-order valence-electron chi connectivity index (χ2n) is 3.86. The normalized spacial score (nSPS) is 32.2. The fourth-order valence-electron chi connectivity index (χ4n) is 1.75. The summed E-state index contributed by atoms with van der Waals surface area (Å²) in [7, 11) is 0. The van der Waals surface area contributed by atoms with Gasteiger partial charge in [0.05, 0.1) is 12.3 Å². The highest BCUT2D eigenvalue weighted by atomic mass is 15.5. The summed E-state index contributed by atoms with van der Waals surface area (Å²) in [4.78, 5) is 0. The average Bonchev–Trinajstić information content (AvgIpc) is 2.36. The van der Waals surface area contributed by atoms with E-state index in [1.807, 2.05) is 0 Å². The average molecular weight is 171 g/mol. The molecule has 1 fully saturated rings. The van der Waals surface area contributed by atoms with Gasteiger partial charge < -0.3 is 0 Å². The molecule has 0 aromatic rings. The minimum atomic E-state index is 0.406. The Labute approximate surface area is 75.3 Å². The number of nitrogens with one attached hydrogen (secondary N) is 3. The van der Waals surface area contributed by atoms with Crippen LogP contribution < -0.4 is 16.2 Å². The summed E-state index contributed by atoms with van der Waals surface area (Å²) in [5.41, 5.74) is 6.39. The summed E-state index contributed by atoms with van der Waals surface area (Å²) in [5.74, 6) is 0.812.